The number of carbonyl (C=O) groups excluding carboxylic acids is 2. The Morgan fingerprint density at radius 3 is 2.74 bits per heavy atom. The van der Waals surface area contributed by atoms with Crippen LogP contribution in [0.2, 0.25) is 0 Å². The molecule has 3 heterocycles. The molecule has 5 rings (SSSR count). The average molecular weight is 518 g/mol. The molecule has 0 saturated carbocycles. The number of anilines is 2. The Bertz CT molecular complexity index is 1530. The Balaban J connectivity index is 1.36. The summed E-state index contributed by atoms with van der Waals surface area (Å²) in [6.45, 7) is 3.73. The minimum Gasteiger partial charge on any atom is -0.326 e. The van der Waals surface area contributed by atoms with Gasteiger partial charge in [0.2, 0.25) is 5.91 Å². The monoisotopic (exact) mass is 517 g/mol. The number of aromatic nitrogens is 2. The first-order chi connectivity index (χ1) is 19.1. The maximum absolute atomic E-state index is 14.1. The minimum absolute atomic E-state index is 0.00222. The van der Waals surface area contributed by atoms with Crippen molar-refractivity contribution >= 4 is 34.1 Å². The number of aryl methyl sites for hydroxylation is 1. The lowest BCUT2D eigenvalue weighted by Crippen LogP contribution is -2.49. The highest BCUT2D eigenvalue weighted by Gasteiger charge is 2.30. The van der Waals surface area contributed by atoms with E-state index in [0.717, 1.165) is 47.8 Å². The van der Waals surface area contributed by atoms with E-state index in [1.165, 1.54) is 0 Å². The van der Waals surface area contributed by atoms with Crippen molar-refractivity contribution in [2.24, 2.45) is 0 Å². The summed E-state index contributed by atoms with van der Waals surface area (Å²) in [6.07, 6.45) is 7.64. The smallest absolute Gasteiger partial charge is 0.259 e. The molecule has 1 saturated heterocycles. The molecule has 2 aromatic heterocycles. The molecule has 0 radical (unpaired) electrons. The first-order valence-corrected chi connectivity index (χ1v) is 13.3. The molecule has 1 aliphatic heterocycles. The van der Waals surface area contributed by atoms with Crippen molar-refractivity contribution in [2.45, 2.75) is 38.6 Å². The van der Waals surface area contributed by atoms with Crippen molar-refractivity contribution in [3.8, 4) is 11.8 Å². The Morgan fingerprint density at radius 2 is 1.92 bits per heavy atom. The van der Waals surface area contributed by atoms with Gasteiger partial charge in [0, 0.05) is 60.2 Å². The molecule has 4 aromatic rings. The zero-order valence-corrected chi connectivity index (χ0v) is 22.0. The molecule has 1 aliphatic rings. The van der Waals surface area contributed by atoms with Crippen LogP contribution in [0.25, 0.3) is 10.8 Å². The van der Waals surface area contributed by atoms with Crippen LogP contribution < -0.4 is 15.5 Å². The molecule has 1 fully saturated rings. The van der Waals surface area contributed by atoms with Crippen LogP contribution in [-0.4, -0.2) is 40.9 Å². The lowest BCUT2D eigenvalue weighted by molar-refractivity contribution is -0.116. The number of nitrogens with zero attached hydrogens (tertiary/aromatic N) is 3. The highest BCUT2D eigenvalue weighted by Crippen LogP contribution is 2.31. The number of benzene rings is 2. The van der Waals surface area contributed by atoms with E-state index >= 15 is 0 Å². The Labute approximate surface area is 228 Å². The van der Waals surface area contributed by atoms with Gasteiger partial charge in [-0.15, -0.1) is 0 Å². The summed E-state index contributed by atoms with van der Waals surface area (Å²) in [5.74, 6) is 6.69. The third-order valence-corrected chi connectivity index (χ3v) is 6.85. The molecule has 7 heteroatoms. The van der Waals surface area contributed by atoms with Crippen molar-refractivity contribution in [1.29, 1.82) is 0 Å². The van der Waals surface area contributed by atoms with Crippen LogP contribution in [0, 0.1) is 18.8 Å². The molecular weight excluding hydrogens is 486 g/mol. The van der Waals surface area contributed by atoms with Crippen LogP contribution >= 0.6 is 0 Å². The van der Waals surface area contributed by atoms with Crippen LogP contribution in [0.1, 0.15) is 47.2 Å². The van der Waals surface area contributed by atoms with E-state index in [9.17, 15) is 9.59 Å². The maximum Gasteiger partial charge on any atom is 0.259 e. The van der Waals surface area contributed by atoms with Crippen LogP contribution in [-0.2, 0) is 4.79 Å². The molecule has 196 valence electrons. The van der Waals surface area contributed by atoms with Gasteiger partial charge in [-0.25, -0.2) is 4.98 Å². The minimum atomic E-state index is -0.103. The summed E-state index contributed by atoms with van der Waals surface area (Å²) in [5, 5.41) is 8.34. The summed E-state index contributed by atoms with van der Waals surface area (Å²) < 4.78 is 0. The van der Waals surface area contributed by atoms with E-state index in [1.54, 1.807) is 30.7 Å². The van der Waals surface area contributed by atoms with Crippen LogP contribution in [0.5, 0.6) is 0 Å². The molecule has 2 N–H and O–H groups in total. The molecule has 0 aliphatic carbocycles. The summed E-state index contributed by atoms with van der Waals surface area (Å²) in [4.78, 5) is 36.8. The lowest BCUT2D eigenvalue weighted by Gasteiger charge is -2.35. The summed E-state index contributed by atoms with van der Waals surface area (Å²) in [7, 11) is 0. The average Bonchev–Trinajstić information content (AvgIpc) is 2.97. The first-order valence-electron chi connectivity index (χ1n) is 13.3. The number of nitrogens with one attached hydrogen (secondary N) is 2. The molecule has 1 unspecified atom stereocenters. The number of hydrogen-bond donors (Lipinski definition) is 2. The summed E-state index contributed by atoms with van der Waals surface area (Å²) in [6, 6.07) is 19.0. The third kappa shape index (κ3) is 6.31. The molecule has 39 heavy (non-hydrogen) atoms. The van der Waals surface area contributed by atoms with Crippen molar-refractivity contribution in [2.75, 3.05) is 23.3 Å². The van der Waals surface area contributed by atoms with Gasteiger partial charge in [-0.2, -0.15) is 0 Å². The number of hydrogen-bond acceptors (Lipinski definition) is 5. The standard InChI is InChI=1S/C32H31N5O2/c1-23-7-4-10-25-14-20-35-31(30(23)25)37(28-12-6-17-34-22-28)32(39)26-11-5-9-24(21-26)8-2-3-13-29(38)36-27-15-18-33-19-16-27/h4-5,7,9-11,14-16,18-21,28,34H,3,6,12-13,17,22H2,1H3,(H,33,36,38). The molecule has 7 nitrogen and oxygen atoms in total. The maximum atomic E-state index is 14.1. The molecular formula is C32H31N5O2. The summed E-state index contributed by atoms with van der Waals surface area (Å²) >= 11 is 0. The van der Waals surface area contributed by atoms with Gasteiger partial charge in [0.1, 0.15) is 5.82 Å². The van der Waals surface area contributed by atoms with Gasteiger partial charge in [-0.1, -0.05) is 36.1 Å². The first kappa shape index (κ1) is 26.1. The number of fused-ring (bicyclic) bond motifs is 1. The second kappa shape index (κ2) is 12.3. The number of rotatable bonds is 6. The van der Waals surface area contributed by atoms with Gasteiger partial charge < -0.3 is 10.6 Å². The van der Waals surface area contributed by atoms with Gasteiger partial charge in [0.05, 0.1) is 6.04 Å². The van der Waals surface area contributed by atoms with Crippen molar-refractivity contribution in [1.82, 2.24) is 15.3 Å². The van der Waals surface area contributed by atoms with Gasteiger partial charge in [-0.3, -0.25) is 19.5 Å². The van der Waals surface area contributed by atoms with E-state index in [4.69, 9.17) is 4.98 Å². The van der Waals surface area contributed by atoms with Gasteiger partial charge in [-0.05, 0) is 73.7 Å². The second-order valence-corrected chi connectivity index (χ2v) is 9.65. The zero-order chi connectivity index (χ0) is 27.0. The Morgan fingerprint density at radius 1 is 1.08 bits per heavy atom. The van der Waals surface area contributed by atoms with Gasteiger partial charge in [0.25, 0.3) is 5.91 Å². The van der Waals surface area contributed by atoms with Crippen LogP contribution in [0.15, 0.2) is 79.3 Å². The predicted molar refractivity (Wildman–Crippen MR) is 155 cm³/mol. The fraction of sp³-hybridized carbons (Fsp3) is 0.250. The normalized spacial score (nSPS) is 14.7. The SMILES string of the molecule is Cc1cccc2ccnc(N(C(=O)c3cccc(C#CCCC(=O)Nc4ccncc4)c3)C3CCCNC3)c12. The Kier molecular flexibility index (Phi) is 8.25. The van der Waals surface area contributed by atoms with Crippen molar-refractivity contribution in [3.05, 3.63) is 95.9 Å². The second-order valence-electron chi connectivity index (χ2n) is 9.65. The largest absolute Gasteiger partial charge is 0.326 e. The van der Waals surface area contributed by atoms with Crippen LogP contribution in [0.4, 0.5) is 11.5 Å². The van der Waals surface area contributed by atoms with Crippen molar-refractivity contribution < 1.29 is 9.59 Å². The van der Waals surface area contributed by atoms with E-state index in [1.807, 2.05) is 41.3 Å². The Hall–Kier alpha value is -4.54. The van der Waals surface area contributed by atoms with E-state index in [0.29, 0.717) is 23.5 Å². The topological polar surface area (TPSA) is 87.2 Å². The quantitative estimate of drug-likeness (QED) is 0.347. The summed E-state index contributed by atoms with van der Waals surface area (Å²) in [5.41, 5.74) is 3.10. The van der Waals surface area contributed by atoms with E-state index < -0.39 is 0 Å². The number of pyridine rings is 2. The van der Waals surface area contributed by atoms with Crippen molar-refractivity contribution in [3.63, 3.8) is 0 Å². The molecule has 2 aromatic carbocycles. The van der Waals surface area contributed by atoms with Crippen LogP contribution in [0.3, 0.4) is 0 Å². The zero-order valence-electron chi connectivity index (χ0n) is 22.0. The molecule has 0 spiro atoms. The third-order valence-electron chi connectivity index (χ3n) is 6.85. The van der Waals surface area contributed by atoms with E-state index in [2.05, 4.69) is 46.5 Å². The molecule has 2 amide bonds. The molecule has 1 atom stereocenters. The fourth-order valence-electron chi connectivity index (χ4n) is 4.93. The number of piperidine rings is 1. The predicted octanol–water partition coefficient (Wildman–Crippen LogP) is 5.11. The lowest BCUT2D eigenvalue weighted by atomic mass is 10.0. The fourth-order valence-corrected chi connectivity index (χ4v) is 4.93. The van der Waals surface area contributed by atoms with Gasteiger partial charge in [0.15, 0.2) is 0 Å². The highest BCUT2D eigenvalue weighted by atomic mass is 16.2. The molecule has 0 bridgehead atoms. The van der Waals surface area contributed by atoms with E-state index in [-0.39, 0.29) is 24.3 Å². The highest BCUT2D eigenvalue weighted by molar-refractivity contribution is 6.11. The number of amides is 2. The number of carbonyl (C=O) groups is 2. The van der Waals surface area contributed by atoms with Gasteiger partial charge >= 0.3 is 0 Å².